The van der Waals surface area contributed by atoms with Crippen molar-refractivity contribution in [1.82, 2.24) is 5.32 Å². The largest absolute Gasteiger partial charge is 0.481 e. The van der Waals surface area contributed by atoms with Crippen molar-refractivity contribution in [2.24, 2.45) is 5.92 Å². The molecule has 1 aromatic carbocycles. The number of hydrogen-bond donors (Lipinski definition) is 2. The van der Waals surface area contributed by atoms with Crippen LogP contribution in [0.3, 0.4) is 0 Å². The number of carbonyl (C=O) groups excluding carboxylic acids is 1. The minimum atomic E-state index is -0.562. The van der Waals surface area contributed by atoms with E-state index in [9.17, 15) is 9.90 Å². The molecule has 0 spiro atoms. The van der Waals surface area contributed by atoms with Gasteiger partial charge < -0.3 is 15.2 Å². The van der Waals surface area contributed by atoms with Crippen LogP contribution in [0.15, 0.2) is 24.3 Å². The molecule has 1 aromatic rings. The number of aliphatic hydroxyl groups excluding tert-OH is 1. The van der Waals surface area contributed by atoms with Crippen LogP contribution in [-0.2, 0) is 4.79 Å². The Bertz CT molecular complexity index is 443. The highest BCUT2D eigenvalue weighted by atomic mass is 16.5. The third-order valence-corrected chi connectivity index (χ3v) is 3.32. The monoisotopic (exact) mass is 263 g/mol. The summed E-state index contributed by atoms with van der Waals surface area (Å²) in [4.78, 5) is 11.8. The average molecular weight is 263 g/mol. The van der Waals surface area contributed by atoms with Crippen LogP contribution < -0.4 is 10.1 Å². The first-order chi connectivity index (χ1) is 9.06. The van der Waals surface area contributed by atoms with Crippen molar-refractivity contribution >= 4 is 5.91 Å². The van der Waals surface area contributed by atoms with Crippen LogP contribution >= 0.6 is 0 Å². The van der Waals surface area contributed by atoms with E-state index in [1.807, 2.05) is 31.2 Å². The standard InChI is InChI=1S/C15H21NO3/c1-10-4-3-5-13(8-10)19-11(2)15(18)16-9-14(17)12-6-7-12/h3-5,8,11-12,14,17H,6-7,9H2,1-2H3,(H,16,18). The van der Waals surface area contributed by atoms with Crippen molar-refractivity contribution in [3.8, 4) is 5.75 Å². The van der Waals surface area contributed by atoms with Gasteiger partial charge in [-0.1, -0.05) is 12.1 Å². The molecular weight excluding hydrogens is 242 g/mol. The van der Waals surface area contributed by atoms with Gasteiger partial charge in [-0.2, -0.15) is 0 Å². The number of ether oxygens (including phenoxy) is 1. The van der Waals surface area contributed by atoms with E-state index in [4.69, 9.17) is 4.74 Å². The zero-order chi connectivity index (χ0) is 13.8. The summed E-state index contributed by atoms with van der Waals surface area (Å²) in [6.07, 6.45) is 1.14. The Balaban J connectivity index is 1.78. The van der Waals surface area contributed by atoms with E-state index < -0.39 is 12.2 Å². The molecule has 0 bridgehead atoms. The molecule has 2 rings (SSSR count). The molecule has 1 aliphatic carbocycles. The van der Waals surface area contributed by atoms with Crippen LogP contribution in [0.5, 0.6) is 5.75 Å². The Morgan fingerprint density at radius 3 is 2.89 bits per heavy atom. The highest BCUT2D eigenvalue weighted by Gasteiger charge is 2.30. The maximum Gasteiger partial charge on any atom is 0.260 e. The van der Waals surface area contributed by atoms with E-state index in [1.165, 1.54) is 0 Å². The molecule has 0 heterocycles. The molecule has 0 aliphatic heterocycles. The molecule has 0 radical (unpaired) electrons. The summed E-state index contributed by atoms with van der Waals surface area (Å²) in [5, 5.41) is 12.4. The third kappa shape index (κ3) is 4.24. The highest BCUT2D eigenvalue weighted by Crippen LogP contribution is 2.32. The Labute approximate surface area is 113 Å². The second-order valence-electron chi connectivity index (χ2n) is 5.23. The lowest BCUT2D eigenvalue weighted by molar-refractivity contribution is -0.127. The molecule has 1 fully saturated rings. The van der Waals surface area contributed by atoms with Crippen LogP contribution in [0, 0.1) is 12.8 Å². The molecule has 19 heavy (non-hydrogen) atoms. The summed E-state index contributed by atoms with van der Waals surface area (Å²) < 4.78 is 5.57. The second kappa shape index (κ2) is 6.06. The number of amides is 1. The maximum absolute atomic E-state index is 11.8. The number of aliphatic hydroxyl groups is 1. The van der Waals surface area contributed by atoms with Gasteiger partial charge in [-0.3, -0.25) is 4.79 Å². The van der Waals surface area contributed by atoms with Gasteiger partial charge in [0.05, 0.1) is 6.10 Å². The lowest BCUT2D eigenvalue weighted by atomic mass is 10.2. The smallest absolute Gasteiger partial charge is 0.260 e. The summed E-state index contributed by atoms with van der Waals surface area (Å²) >= 11 is 0. The van der Waals surface area contributed by atoms with Crippen LogP contribution in [0.1, 0.15) is 25.3 Å². The summed E-state index contributed by atoms with van der Waals surface area (Å²) in [6, 6.07) is 7.59. The third-order valence-electron chi connectivity index (χ3n) is 3.32. The lowest BCUT2D eigenvalue weighted by Crippen LogP contribution is -2.40. The van der Waals surface area contributed by atoms with Crippen molar-refractivity contribution in [3.63, 3.8) is 0 Å². The van der Waals surface area contributed by atoms with Gasteiger partial charge in [0.2, 0.25) is 0 Å². The Kier molecular flexibility index (Phi) is 4.43. The molecule has 1 saturated carbocycles. The molecule has 2 unspecified atom stereocenters. The van der Waals surface area contributed by atoms with E-state index in [1.54, 1.807) is 6.92 Å². The van der Waals surface area contributed by atoms with Gasteiger partial charge in [0.1, 0.15) is 5.75 Å². The van der Waals surface area contributed by atoms with Crippen molar-refractivity contribution in [2.75, 3.05) is 6.54 Å². The molecule has 4 heteroatoms. The first-order valence-corrected chi connectivity index (χ1v) is 6.75. The fourth-order valence-electron chi connectivity index (χ4n) is 1.94. The fourth-order valence-corrected chi connectivity index (χ4v) is 1.94. The van der Waals surface area contributed by atoms with Gasteiger partial charge in [0.25, 0.3) is 5.91 Å². The van der Waals surface area contributed by atoms with Crippen LogP contribution in [0.2, 0.25) is 0 Å². The quantitative estimate of drug-likeness (QED) is 0.820. The average Bonchev–Trinajstić information content (AvgIpc) is 3.19. The molecule has 1 amide bonds. The normalized spacial score (nSPS) is 17.6. The molecule has 0 saturated heterocycles. The molecule has 2 atom stereocenters. The van der Waals surface area contributed by atoms with E-state index >= 15 is 0 Å². The van der Waals surface area contributed by atoms with E-state index in [0.29, 0.717) is 18.2 Å². The summed E-state index contributed by atoms with van der Waals surface area (Å²) in [6.45, 7) is 4.00. The van der Waals surface area contributed by atoms with E-state index in [2.05, 4.69) is 5.32 Å². The molecule has 104 valence electrons. The SMILES string of the molecule is Cc1cccc(OC(C)C(=O)NCC(O)C2CC2)c1. The number of aryl methyl sites for hydroxylation is 1. The minimum Gasteiger partial charge on any atom is -0.481 e. The van der Waals surface area contributed by atoms with Crippen LogP contribution in [-0.4, -0.2) is 29.8 Å². The molecule has 2 N–H and O–H groups in total. The van der Waals surface area contributed by atoms with Gasteiger partial charge in [0.15, 0.2) is 6.10 Å². The number of benzene rings is 1. The van der Waals surface area contributed by atoms with Crippen molar-refractivity contribution in [3.05, 3.63) is 29.8 Å². The van der Waals surface area contributed by atoms with Gasteiger partial charge in [-0.15, -0.1) is 0 Å². The summed E-state index contributed by atoms with van der Waals surface area (Å²) in [5.41, 5.74) is 1.09. The zero-order valence-electron chi connectivity index (χ0n) is 11.4. The number of nitrogens with one attached hydrogen (secondary N) is 1. The summed E-state index contributed by atoms with van der Waals surface area (Å²) in [5.74, 6) is 0.861. The topological polar surface area (TPSA) is 58.6 Å². The first-order valence-electron chi connectivity index (χ1n) is 6.75. The molecule has 0 aromatic heterocycles. The van der Waals surface area contributed by atoms with Gasteiger partial charge in [0, 0.05) is 6.54 Å². The predicted molar refractivity (Wildman–Crippen MR) is 73.0 cm³/mol. The van der Waals surface area contributed by atoms with Crippen molar-refractivity contribution in [2.45, 2.75) is 38.9 Å². The van der Waals surface area contributed by atoms with E-state index in [0.717, 1.165) is 18.4 Å². The number of rotatable bonds is 6. The van der Waals surface area contributed by atoms with Crippen LogP contribution in [0.4, 0.5) is 0 Å². The number of hydrogen-bond acceptors (Lipinski definition) is 3. The maximum atomic E-state index is 11.8. The van der Waals surface area contributed by atoms with Crippen molar-refractivity contribution < 1.29 is 14.6 Å². The van der Waals surface area contributed by atoms with Gasteiger partial charge in [-0.25, -0.2) is 0 Å². The molecule has 1 aliphatic rings. The molecular formula is C15H21NO3. The first kappa shape index (κ1) is 13.9. The zero-order valence-corrected chi connectivity index (χ0v) is 11.4. The fraction of sp³-hybridized carbons (Fsp3) is 0.533. The second-order valence-corrected chi connectivity index (χ2v) is 5.23. The minimum absolute atomic E-state index is 0.193. The Morgan fingerprint density at radius 1 is 1.53 bits per heavy atom. The Morgan fingerprint density at radius 2 is 2.26 bits per heavy atom. The highest BCUT2D eigenvalue weighted by molar-refractivity contribution is 5.80. The van der Waals surface area contributed by atoms with Gasteiger partial charge in [-0.05, 0) is 50.3 Å². The lowest BCUT2D eigenvalue weighted by Gasteiger charge is -2.16. The molecule has 4 nitrogen and oxygen atoms in total. The Hall–Kier alpha value is -1.55. The van der Waals surface area contributed by atoms with Crippen LogP contribution in [0.25, 0.3) is 0 Å². The predicted octanol–water partition coefficient (Wildman–Crippen LogP) is 1.65. The van der Waals surface area contributed by atoms with Gasteiger partial charge >= 0.3 is 0 Å². The van der Waals surface area contributed by atoms with E-state index in [-0.39, 0.29) is 5.91 Å². The summed E-state index contributed by atoms with van der Waals surface area (Å²) in [7, 11) is 0. The number of carbonyl (C=O) groups is 1. The van der Waals surface area contributed by atoms with Crippen molar-refractivity contribution in [1.29, 1.82) is 0 Å².